The monoisotopic (exact) mass is 404 g/mol. The summed E-state index contributed by atoms with van der Waals surface area (Å²) in [7, 11) is 0. The second-order valence-electron chi connectivity index (χ2n) is 8.77. The topological polar surface area (TPSA) is 42.4 Å². The van der Waals surface area contributed by atoms with Gasteiger partial charge in [0.15, 0.2) is 0 Å². The van der Waals surface area contributed by atoms with Crippen molar-refractivity contribution in [1.82, 2.24) is 9.88 Å². The van der Waals surface area contributed by atoms with E-state index in [9.17, 15) is 4.79 Å². The summed E-state index contributed by atoms with van der Waals surface area (Å²) < 4.78 is 6.93. The van der Waals surface area contributed by atoms with Gasteiger partial charge in [0, 0.05) is 19.2 Å². The number of carbonyl (C=O) groups excluding carboxylic acids is 1. The van der Waals surface area contributed by atoms with Gasteiger partial charge in [0.05, 0.1) is 16.4 Å². The molecule has 6 rings (SSSR count). The molecule has 0 radical (unpaired) electrons. The summed E-state index contributed by atoms with van der Waals surface area (Å²) in [6.45, 7) is 1.54. The molecule has 0 aromatic carbocycles. The first-order chi connectivity index (χ1) is 12.1. The molecular weight excluding hydrogens is 380 g/mol. The summed E-state index contributed by atoms with van der Waals surface area (Å²) in [5.41, 5.74) is -0.0325. The van der Waals surface area contributed by atoms with Crippen LogP contribution in [0.15, 0.2) is 22.8 Å². The van der Waals surface area contributed by atoms with E-state index in [-0.39, 0.29) is 11.5 Å². The summed E-state index contributed by atoms with van der Waals surface area (Å²) in [6, 6.07) is 3.82. The van der Waals surface area contributed by atoms with E-state index in [0.29, 0.717) is 18.3 Å². The number of hydrogen-bond acceptors (Lipinski definition) is 3. The third-order valence-electron chi connectivity index (χ3n) is 6.93. The second-order valence-corrected chi connectivity index (χ2v) is 9.62. The molecule has 1 aromatic rings. The van der Waals surface area contributed by atoms with Crippen molar-refractivity contribution < 1.29 is 9.53 Å². The molecule has 5 fully saturated rings. The lowest BCUT2D eigenvalue weighted by Crippen LogP contribution is -2.54. The molecular formula is C20H25BrN2O2. The molecule has 0 spiro atoms. The Morgan fingerprint density at radius 1 is 1.20 bits per heavy atom. The first-order valence-corrected chi connectivity index (χ1v) is 10.5. The highest BCUT2D eigenvalue weighted by atomic mass is 79.9. The van der Waals surface area contributed by atoms with Gasteiger partial charge >= 0.3 is 0 Å². The molecule has 1 saturated heterocycles. The van der Waals surface area contributed by atoms with Gasteiger partial charge in [0.1, 0.15) is 6.10 Å². The predicted octanol–water partition coefficient (Wildman–Crippen LogP) is 4.04. The number of aromatic nitrogens is 1. The summed E-state index contributed by atoms with van der Waals surface area (Å²) in [5.74, 6) is 3.51. The Labute approximate surface area is 157 Å². The van der Waals surface area contributed by atoms with Crippen molar-refractivity contribution >= 4 is 21.8 Å². The third kappa shape index (κ3) is 2.79. The third-order valence-corrected chi connectivity index (χ3v) is 7.53. The zero-order valence-corrected chi connectivity index (χ0v) is 16.1. The molecule has 1 aliphatic heterocycles. The molecule has 134 valence electrons. The van der Waals surface area contributed by atoms with Gasteiger partial charge < -0.3 is 9.64 Å². The predicted molar refractivity (Wildman–Crippen MR) is 98.2 cm³/mol. The van der Waals surface area contributed by atoms with Crippen LogP contribution in [0.5, 0.6) is 5.88 Å². The molecule has 5 heteroatoms. The largest absolute Gasteiger partial charge is 0.472 e. The molecule has 4 aliphatic carbocycles. The van der Waals surface area contributed by atoms with E-state index in [1.54, 1.807) is 6.20 Å². The zero-order valence-electron chi connectivity index (χ0n) is 14.5. The molecule has 0 N–H and O–H groups in total. The number of rotatable bonds is 3. The normalized spacial score (nSPS) is 39.0. The Balaban J connectivity index is 1.27. The quantitative estimate of drug-likeness (QED) is 0.763. The van der Waals surface area contributed by atoms with Crippen LogP contribution in [-0.2, 0) is 4.79 Å². The molecule has 2 heterocycles. The molecule has 1 atom stereocenters. The van der Waals surface area contributed by atoms with Crippen LogP contribution in [0.1, 0.15) is 44.9 Å². The van der Waals surface area contributed by atoms with Gasteiger partial charge in [-0.1, -0.05) is 0 Å². The van der Waals surface area contributed by atoms with Crippen LogP contribution >= 0.6 is 15.9 Å². The van der Waals surface area contributed by atoms with Gasteiger partial charge in [-0.3, -0.25) is 4.79 Å². The Morgan fingerprint density at radius 2 is 1.88 bits per heavy atom. The van der Waals surface area contributed by atoms with Crippen molar-refractivity contribution in [3.63, 3.8) is 0 Å². The number of likely N-dealkylation sites (tertiary alicyclic amines) is 1. The van der Waals surface area contributed by atoms with Crippen LogP contribution < -0.4 is 4.74 Å². The van der Waals surface area contributed by atoms with Crippen LogP contribution in [0.2, 0.25) is 0 Å². The van der Waals surface area contributed by atoms with E-state index < -0.39 is 0 Å². The summed E-state index contributed by atoms with van der Waals surface area (Å²) in [6.07, 6.45) is 10.3. The van der Waals surface area contributed by atoms with Gasteiger partial charge in [-0.25, -0.2) is 4.98 Å². The minimum absolute atomic E-state index is 0.0325. The number of halogens is 1. The lowest BCUT2D eigenvalue weighted by molar-refractivity contribution is -0.156. The summed E-state index contributed by atoms with van der Waals surface area (Å²) in [5, 5.41) is 0. The van der Waals surface area contributed by atoms with E-state index in [1.165, 1.54) is 19.3 Å². The first kappa shape index (κ1) is 16.1. The maximum Gasteiger partial charge on any atom is 0.228 e. The fourth-order valence-electron chi connectivity index (χ4n) is 6.33. The van der Waals surface area contributed by atoms with Crippen molar-refractivity contribution in [3.05, 3.63) is 22.8 Å². The maximum atomic E-state index is 13.4. The number of pyridine rings is 1. The lowest BCUT2D eigenvalue weighted by atomic mass is 9.49. The highest BCUT2D eigenvalue weighted by Crippen LogP contribution is 2.60. The number of carbonyl (C=O) groups is 1. The molecule has 4 bridgehead atoms. The average molecular weight is 405 g/mol. The molecule has 1 amide bonds. The van der Waals surface area contributed by atoms with E-state index in [0.717, 1.165) is 54.5 Å². The van der Waals surface area contributed by atoms with Crippen molar-refractivity contribution in [2.24, 2.45) is 23.2 Å². The van der Waals surface area contributed by atoms with Crippen LogP contribution in [0, 0.1) is 23.2 Å². The van der Waals surface area contributed by atoms with Gasteiger partial charge in [-0.05, 0) is 84.3 Å². The number of nitrogens with zero attached hydrogens (tertiary/aromatic N) is 2. The molecule has 25 heavy (non-hydrogen) atoms. The van der Waals surface area contributed by atoms with Crippen LogP contribution in [0.3, 0.4) is 0 Å². The SMILES string of the molecule is O=C(N1CCC(Oc2ncccc2Br)C1)C12CC3CC(CC(C3)C1)C2. The summed E-state index contributed by atoms with van der Waals surface area (Å²) >= 11 is 3.49. The highest BCUT2D eigenvalue weighted by molar-refractivity contribution is 9.10. The second kappa shape index (κ2) is 5.97. The van der Waals surface area contributed by atoms with Crippen LogP contribution in [0.4, 0.5) is 0 Å². The fraction of sp³-hybridized carbons (Fsp3) is 0.700. The Bertz CT molecular complexity index is 657. The molecule has 1 unspecified atom stereocenters. The fourth-order valence-corrected chi connectivity index (χ4v) is 6.68. The van der Waals surface area contributed by atoms with Gasteiger partial charge in [-0.15, -0.1) is 0 Å². The van der Waals surface area contributed by atoms with Gasteiger partial charge in [0.25, 0.3) is 0 Å². The van der Waals surface area contributed by atoms with Crippen molar-refractivity contribution in [1.29, 1.82) is 0 Å². The first-order valence-electron chi connectivity index (χ1n) is 9.68. The number of ether oxygens (including phenoxy) is 1. The number of hydrogen-bond donors (Lipinski definition) is 0. The van der Waals surface area contributed by atoms with Gasteiger partial charge in [0.2, 0.25) is 11.8 Å². The minimum Gasteiger partial charge on any atom is -0.472 e. The van der Waals surface area contributed by atoms with Crippen molar-refractivity contribution in [2.45, 2.75) is 51.0 Å². The standard InChI is InChI=1S/C20H25BrN2O2/c21-17-2-1-4-22-18(17)25-16-3-5-23(12-16)19(24)20-9-13-6-14(10-20)8-15(7-13)11-20/h1-2,4,13-16H,3,5-12H2. The van der Waals surface area contributed by atoms with E-state index >= 15 is 0 Å². The summed E-state index contributed by atoms with van der Waals surface area (Å²) in [4.78, 5) is 19.8. The maximum absolute atomic E-state index is 13.4. The molecule has 5 aliphatic rings. The Kier molecular flexibility index (Phi) is 3.84. The molecule has 1 aromatic heterocycles. The molecule has 4 saturated carbocycles. The van der Waals surface area contributed by atoms with Crippen molar-refractivity contribution in [3.8, 4) is 5.88 Å². The van der Waals surface area contributed by atoms with E-state index in [1.807, 2.05) is 12.1 Å². The Hall–Kier alpha value is -1.10. The Morgan fingerprint density at radius 3 is 2.52 bits per heavy atom. The van der Waals surface area contributed by atoms with E-state index in [2.05, 4.69) is 25.8 Å². The highest BCUT2D eigenvalue weighted by Gasteiger charge is 2.56. The van der Waals surface area contributed by atoms with Gasteiger partial charge in [-0.2, -0.15) is 0 Å². The smallest absolute Gasteiger partial charge is 0.228 e. The van der Waals surface area contributed by atoms with Crippen molar-refractivity contribution in [2.75, 3.05) is 13.1 Å². The van der Waals surface area contributed by atoms with Crippen LogP contribution in [0.25, 0.3) is 0 Å². The number of amides is 1. The minimum atomic E-state index is -0.0325. The lowest BCUT2D eigenvalue weighted by Gasteiger charge is -2.56. The average Bonchev–Trinajstić information content (AvgIpc) is 3.03. The van der Waals surface area contributed by atoms with E-state index in [4.69, 9.17) is 4.74 Å². The molecule has 4 nitrogen and oxygen atoms in total. The zero-order chi connectivity index (χ0) is 17.0. The van der Waals surface area contributed by atoms with Crippen LogP contribution in [-0.4, -0.2) is 35.0 Å².